The van der Waals surface area contributed by atoms with Gasteiger partial charge in [0.05, 0.1) is 6.61 Å². The van der Waals surface area contributed by atoms with E-state index in [1.54, 1.807) is 0 Å². The second-order valence-corrected chi connectivity index (χ2v) is 5.19. The van der Waals surface area contributed by atoms with Gasteiger partial charge in [0.2, 0.25) is 5.88 Å². The molecule has 0 unspecified atom stereocenters. The Morgan fingerprint density at radius 1 is 1.00 bits per heavy atom. The van der Waals surface area contributed by atoms with E-state index in [1.165, 1.54) is 32.1 Å². The molecule has 0 saturated carbocycles. The molecule has 0 aromatic carbocycles. The third-order valence-electron chi connectivity index (χ3n) is 3.14. The first-order valence-electron chi connectivity index (χ1n) is 7.34. The van der Waals surface area contributed by atoms with E-state index >= 15 is 0 Å². The first kappa shape index (κ1) is 16.2. The minimum atomic E-state index is 0.504. The van der Waals surface area contributed by atoms with Gasteiger partial charge in [-0.25, -0.2) is 4.98 Å². The van der Waals surface area contributed by atoms with E-state index in [0.29, 0.717) is 17.6 Å². The van der Waals surface area contributed by atoms with Crippen LogP contribution in [0.25, 0.3) is 0 Å². The molecule has 0 saturated heterocycles. The van der Waals surface area contributed by atoms with Crippen LogP contribution in [0.1, 0.15) is 63.8 Å². The molecule has 1 aromatic rings. The van der Waals surface area contributed by atoms with Crippen molar-refractivity contribution in [3.63, 3.8) is 0 Å². The Bertz CT molecular complexity index is 383. The van der Waals surface area contributed by atoms with E-state index in [9.17, 15) is 0 Å². The van der Waals surface area contributed by atoms with Crippen molar-refractivity contribution in [1.29, 1.82) is 0 Å². The van der Waals surface area contributed by atoms with Crippen LogP contribution >= 0.6 is 11.6 Å². The summed E-state index contributed by atoms with van der Waals surface area (Å²) in [5, 5.41) is 0.504. The number of halogens is 1. The van der Waals surface area contributed by atoms with E-state index in [2.05, 4.69) is 16.9 Å². The summed E-state index contributed by atoms with van der Waals surface area (Å²) in [6, 6.07) is 0. The lowest BCUT2D eigenvalue weighted by Crippen LogP contribution is -2.05. The zero-order valence-corrected chi connectivity index (χ0v) is 13.1. The molecule has 0 N–H and O–H groups in total. The topological polar surface area (TPSA) is 35.0 Å². The van der Waals surface area contributed by atoms with Gasteiger partial charge < -0.3 is 4.74 Å². The van der Waals surface area contributed by atoms with Crippen LogP contribution in [-0.4, -0.2) is 16.6 Å². The second-order valence-electron chi connectivity index (χ2n) is 4.83. The predicted molar refractivity (Wildman–Crippen MR) is 80.0 cm³/mol. The Hall–Kier alpha value is -0.830. The highest BCUT2D eigenvalue weighted by Gasteiger charge is 2.09. The molecule has 108 valence electrons. The molecule has 0 aliphatic carbocycles. The van der Waals surface area contributed by atoms with Crippen molar-refractivity contribution >= 4 is 11.6 Å². The highest BCUT2D eigenvalue weighted by Crippen LogP contribution is 2.22. The smallest absolute Gasteiger partial charge is 0.221 e. The Kier molecular flexibility index (Phi) is 7.80. The number of aryl methyl sites for hydroxylation is 1. The lowest BCUT2D eigenvalue weighted by Gasteiger charge is -2.10. The fourth-order valence-corrected chi connectivity index (χ4v) is 2.04. The van der Waals surface area contributed by atoms with Gasteiger partial charge in [0.1, 0.15) is 11.0 Å². The quantitative estimate of drug-likeness (QED) is 0.485. The summed E-state index contributed by atoms with van der Waals surface area (Å²) in [4.78, 5) is 8.59. The van der Waals surface area contributed by atoms with Crippen LogP contribution in [0.5, 0.6) is 5.88 Å². The average molecular weight is 285 g/mol. The first-order chi connectivity index (χ1) is 9.19. The molecule has 0 radical (unpaired) electrons. The number of nitrogens with zero attached hydrogens (tertiary/aromatic N) is 2. The minimum absolute atomic E-state index is 0.504. The van der Waals surface area contributed by atoms with Crippen LogP contribution in [0.3, 0.4) is 0 Å². The van der Waals surface area contributed by atoms with E-state index < -0.39 is 0 Å². The molecule has 19 heavy (non-hydrogen) atoms. The number of ether oxygens (including phenoxy) is 1. The van der Waals surface area contributed by atoms with Crippen molar-refractivity contribution in [2.24, 2.45) is 0 Å². The Morgan fingerprint density at radius 2 is 1.68 bits per heavy atom. The van der Waals surface area contributed by atoms with Crippen LogP contribution in [0.15, 0.2) is 0 Å². The van der Waals surface area contributed by atoms with Crippen molar-refractivity contribution in [3.8, 4) is 5.88 Å². The number of aromatic nitrogens is 2. The van der Waals surface area contributed by atoms with Crippen molar-refractivity contribution in [1.82, 2.24) is 9.97 Å². The monoisotopic (exact) mass is 284 g/mol. The molecule has 0 aliphatic heterocycles. The van der Waals surface area contributed by atoms with Gasteiger partial charge in [0.15, 0.2) is 0 Å². The fourth-order valence-electron chi connectivity index (χ4n) is 1.86. The summed E-state index contributed by atoms with van der Waals surface area (Å²) in [7, 11) is 0. The molecule has 0 fully saturated rings. The van der Waals surface area contributed by atoms with Crippen molar-refractivity contribution in [2.45, 2.75) is 65.7 Å². The van der Waals surface area contributed by atoms with Crippen LogP contribution in [0.4, 0.5) is 0 Å². The fraction of sp³-hybridized carbons (Fsp3) is 0.733. The molecule has 0 spiro atoms. The Labute approximate surface area is 121 Å². The number of rotatable bonds is 9. The van der Waals surface area contributed by atoms with E-state index in [1.807, 2.05) is 13.8 Å². The van der Waals surface area contributed by atoms with Gasteiger partial charge in [-0.05, 0) is 13.3 Å². The van der Waals surface area contributed by atoms with Crippen molar-refractivity contribution in [3.05, 3.63) is 16.5 Å². The van der Waals surface area contributed by atoms with Crippen molar-refractivity contribution < 1.29 is 4.74 Å². The summed E-state index contributed by atoms with van der Waals surface area (Å²) in [6.45, 7) is 6.86. The highest BCUT2D eigenvalue weighted by molar-refractivity contribution is 6.30. The van der Waals surface area contributed by atoms with E-state index in [4.69, 9.17) is 16.3 Å². The van der Waals surface area contributed by atoms with Crippen LogP contribution in [-0.2, 0) is 6.42 Å². The van der Waals surface area contributed by atoms with Crippen LogP contribution in [0, 0.1) is 6.92 Å². The second kappa shape index (κ2) is 9.13. The van der Waals surface area contributed by atoms with Gasteiger partial charge in [0.25, 0.3) is 0 Å². The summed E-state index contributed by atoms with van der Waals surface area (Å²) in [5.41, 5.74) is 0.838. The molecule has 0 aliphatic rings. The summed E-state index contributed by atoms with van der Waals surface area (Å²) >= 11 is 6.06. The minimum Gasteiger partial charge on any atom is -0.477 e. The maximum absolute atomic E-state index is 6.06. The van der Waals surface area contributed by atoms with Gasteiger partial charge in [-0.15, -0.1) is 0 Å². The molecule has 1 aromatic heterocycles. The number of hydrogen-bond donors (Lipinski definition) is 0. The average Bonchev–Trinajstić information content (AvgIpc) is 2.42. The van der Waals surface area contributed by atoms with E-state index in [-0.39, 0.29) is 0 Å². The van der Waals surface area contributed by atoms with Crippen molar-refractivity contribution in [2.75, 3.05) is 6.61 Å². The molecule has 3 nitrogen and oxygen atoms in total. The molecule has 0 amide bonds. The molecule has 0 bridgehead atoms. The Morgan fingerprint density at radius 3 is 2.37 bits per heavy atom. The third kappa shape index (κ3) is 5.77. The van der Waals surface area contributed by atoms with Gasteiger partial charge in [0, 0.05) is 12.0 Å². The molecule has 4 heteroatoms. The largest absolute Gasteiger partial charge is 0.477 e. The molecular weight excluding hydrogens is 260 g/mol. The third-order valence-corrected chi connectivity index (χ3v) is 3.51. The predicted octanol–water partition coefficient (Wildman–Crippen LogP) is 4.74. The lowest BCUT2D eigenvalue weighted by molar-refractivity contribution is 0.289. The van der Waals surface area contributed by atoms with Gasteiger partial charge >= 0.3 is 0 Å². The SMILES string of the molecule is CCCCCCCCOc1nc(CC)nc(Cl)c1C. The van der Waals surface area contributed by atoms with Gasteiger partial charge in [-0.1, -0.05) is 57.6 Å². The lowest BCUT2D eigenvalue weighted by atomic mass is 10.1. The summed E-state index contributed by atoms with van der Waals surface area (Å²) in [5.74, 6) is 1.39. The summed E-state index contributed by atoms with van der Waals surface area (Å²) < 4.78 is 5.73. The maximum atomic E-state index is 6.06. The van der Waals surface area contributed by atoms with Crippen LogP contribution in [0.2, 0.25) is 5.15 Å². The van der Waals surface area contributed by atoms with Gasteiger partial charge in [-0.3, -0.25) is 0 Å². The molecule has 0 atom stereocenters. The number of unbranched alkanes of at least 4 members (excludes halogenated alkanes) is 5. The zero-order chi connectivity index (χ0) is 14.1. The number of hydrogen-bond acceptors (Lipinski definition) is 3. The first-order valence-corrected chi connectivity index (χ1v) is 7.72. The van der Waals surface area contributed by atoms with Gasteiger partial charge in [-0.2, -0.15) is 4.98 Å². The Balaban J connectivity index is 2.34. The standard InChI is InChI=1S/C15H25ClN2O/c1-4-6-7-8-9-10-11-19-15-12(3)14(16)17-13(5-2)18-15/h4-11H2,1-3H3. The summed E-state index contributed by atoms with van der Waals surface area (Å²) in [6.07, 6.45) is 8.31. The van der Waals surface area contributed by atoms with E-state index in [0.717, 1.165) is 24.2 Å². The highest BCUT2D eigenvalue weighted by atomic mass is 35.5. The molecular formula is C15H25ClN2O. The normalized spacial score (nSPS) is 10.7. The molecule has 1 rings (SSSR count). The maximum Gasteiger partial charge on any atom is 0.221 e. The zero-order valence-electron chi connectivity index (χ0n) is 12.3. The molecule has 1 heterocycles. The van der Waals surface area contributed by atoms with Crippen LogP contribution < -0.4 is 4.74 Å².